The Kier molecular flexibility index (Phi) is 3.64. The molecular weight excluding hydrogens is 198 g/mol. The lowest BCUT2D eigenvalue weighted by atomic mass is 9.94. The van der Waals surface area contributed by atoms with E-state index in [-0.39, 0.29) is 0 Å². The number of piperidine rings is 1. The molecule has 0 amide bonds. The molecule has 16 heavy (non-hydrogen) atoms. The van der Waals surface area contributed by atoms with Gasteiger partial charge in [-0.3, -0.25) is 4.68 Å². The van der Waals surface area contributed by atoms with E-state index in [1.165, 1.54) is 30.8 Å². The van der Waals surface area contributed by atoms with Crippen molar-refractivity contribution in [3.8, 4) is 0 Å². The standard InChI is InChI=1S/C13H23N3/c1-4-11-7-13(16(3)15-11)8-12-6-5-10(2)9-14-12/h7,10,12,14H,4-6,8-9H2,1-3H3. The zero-order valence-corrected chi connectivity index (χ0v) is 10.7. The van der Waals surface area contributed by atoms with Gasteiger partial charge in [-0.05, 0) is 37.8 Å². The Labute approximate surface area is 98.2 Å². The summed E-state index contributed by atoms with van der Waals surface area (Å²) in [7, 11) is 2.06. The second kappa shape index (κ2) is 5.00. The molecule has 1 saturated heterocycles. The van der Waals surface area contributed by atoms with Crippen molar-refractivity contribution in [3.05, 3.63) is 17.5 Å². The molecule has 2 unspecified atom stereocenters. The zero-order valence-electron chi connectivity index (χ0n) is 10.7. The van der Waals surface area contributed by atoms with Crippen LogP contribution in [0.3, 0.4) is 0 Å². The van der Waals surface area contributed by atoms with Gasteiger partial charge in [0, 0.05) is 25.2 Å². The van der Waals surface area contributed by atoms with Gasteiger partial charge in [-0.25, -0.2) is 0 Å². The molecule has 2 heterocycles. The summed E-state index contributed by atoms with van der Waals surface area (Å²) in [5, 5.41) is 8.13. The van der Waals surface area contributed by atoms with Gasteiger partial charge < -0.3 is 5.32 Å². The van der Waals surface area contributed by atoms with E-state index >= 15 is 0 Å². The van der Waals surface area contributed by atoms with E-state index in [0.29, 0.717) is 6.04 Å². The largest absolute Gasteiger partial charge is 0.313 e. The summed E-state index contributed by atoms with van der Waals surface area (Å²) in [6.45, 7) is 5.65. The molecule has 3 heteroatoms. The molecule has 90 valence electrons. The highest BCUT2D eigenvalue weighted by Gasteiger charge is 2.18. The fourth-order valence-corrected chi connectivity index (χ4v) is 2.42. The molecule has 1 aromatic heterocycles. The second-order valence-electron chi connectivity index (χ2n) is 5.10. The maximum absolute atomic E-state index is 4.50. The van der Waals surface area contributed by atoms with E-state index in [2.05, 4.69) is 37.4 Å². The van der Waals surface area contributed by atoms with Gasteiger partial charge in [0.1, 0.15) is 0 Å². The number of aromatic nitrogens is 2. The van der Waals surface area contributed by atoms with E-state index in [1.807, 2.05) is 4.68 Å². The third-order valence-corrected chi connectivity index (χ3v) is 3.61. The molecule has 2 rings (SSSR count). The molecule has 1 aliphatic rings. The summed E-state index contributed by atoms with van der Waals surface area (Å²) < 4.78 is 2.04. The predicted molar refractivity (Wildman–Crippen MR) is 66.5 cm³/mol. The van der Waals surface area contributed by atoms with Crippen LogP contribution in [0.15, 0.2) is 6.07 Å². The third kappa shape index (κ3) is 2.64. The number of nitrogens with zero attached hydrogens (tertiary/aromatic N) is 2. The van der Waals surface area contributed by atoms with E-state index in [4.69, 9.17) is 0 Å². The monoisotopic (exact) mass is 221 g/mol. The van der Waals surface area contributed by atoms with Crippen molar-refractivity contribution in [2.75, 3.05) is 6.54 Å². The van der Waals surface area contributed by atoms with E-state index in [0.717, 1.165) is 18.8 Å². The average molecular weight is 221 g/mol. The molecule has 1 fully saturated rings. The fraction of sp³-hybridized carbons (Fsp3) is 0.769. The summed E-state index contributed by atoms with van der Waals surface area (Å²) in [4.78, 5) is 0. The predicted octanol–water partition coefficient (Wildman–Crippen LogP) is 1.91. The number of aryl methyl sites for hydroxylation is 2. The molecule has 2 atom stereocenters. The Balaban J connectivity index is 1.95. The van der Waals surface area contributed by atoms with Crippen LogP contribution < -0.4 is 5.32 Å². The fourth-order valence-electron chi connectivity index (χ4n) is 2.42. The molecule has 0 saturated carbocycles. The highest BCUT2D eigenvalue weighted by Crippen LogP contribution is 2.17. The Morgan fingerprint density at radius 3 is 2.88 bits per heavy atom. The molecule has 1 aromatic rings. The third-order valence-electron chi connectivity index (χ3n) is 3.61. The number of rotatable bonds is 3. The Morgan fingerprint density at radius 2 is 2.31 bits per heavy atom. The van der Waals surface area contributed by atoms with Crippen molar-refractivity contribution in [2.24, 2.45) is 13.0 Å². The highest BCUT2D eigenvalue weighted by molar-refractivity contribution is 5.11. The zero-order chi connectivity index (χ0) is 11.5. The van der Waals surface area contributed by atoms with Crippen LogP contribution in [0.25, 0.3) is 0 Å². The Bertz CT molecular complexity index is 335. The first kappa shape index (κ1) is 11.6. The number of hydrogen-bond donors (Lipinski definition) is 1. The molecule has 3 nitrogen and oxygen atoms in total. The molecule has 1 N–H and O–H groups in total. The van der Waals surface area contributed by atoms with Gasteiger partial charge in [-0.1, -0.05) is 13.8 Å². The van der Waals surface area contributed by atoms with Crippen LogP contribution in [0.1, 0.15) is 38.1 Å². The minimum absolute atomic E-state index is 0.649. The van der Waals surface area contributed by atoms with Crippen molar-refractivity contribution in [3.63, 3.8) is 0 Å². The normalized spacial score (nSPS) is 25.9. The highest BCUT2D eigenvalue weighted by atomic mass is 15.3. The summed E-state index contributed by atoms with van der Waals surface area (Å²) in [5.41, 5.74) is 2.57. The van der Waals surface area contributed by atoms with Crippen molar-refractivity contribution in [1.82, 2.24) is 15.1 Å². The summed E-state index contributed by atoms with van der Waals surface area (Å²) in [6.07, 6.45) is 4.81. The van der Waals surface area contributed by atoms with Crippen LogP contribution in [-0.4, -0.2) is 22.4 Å². The molecule has 0 radical (unpaired) electrons. The SMILES string of the molecule is CCc1cc(CC2CCC(C)CN2)n(C)n1. The van der Waals surface area contributed by atoms with Crippen molar-refractivity contribution < 1.29 is 0 Å². The van der Waals surface area contributed by atoms with E-state index in [1.54, 1.807) is 0 Å². The minimum Gasteiger partial charge on any atom is -0.313 e. The molecule has 0 aromatic carbocycles. The number of hydrogen-bond acceptors (Lipinski definition) is 2. The average Bonchev–Trinajstić information content (AvgIpc) is 2.63. The lowest BCUT2D eigenvalue weighted by Crippen LogP contribution is -2.39. The van der Waals surface area contributed by atoms with Gasteiger partial charge in [0.05, 0.1) is 5.69 Å². The van der Waals surface area contributed by atoms with Crippen LogP contribution in [0.4, 0.5) is 0 Å². The Hall–Kier alpha value is -0.830. The van der Waals surface area contributed by atoms with Crippen molar-refractivity contribution in [1.29, 1.82) is 0 Å². The van der Waals surface area contributed by atoms with Gasteiger partial charge in [-0.2, -0.15) is 5.10 Å². The van der Waals surface area contributed by atoms with Crippen LogP contribution in [0.5, 0.6) is 0 Å². The van der Waals surface area contributed by atoms with Gasteiger partial charge in [-0.15, -0.1) is 0 Å². The first-order valence-corrected chi connectivity index (χ1v) is 6.44. The van der Waals surface area contributed by atoms with Gasteiger partial charge in [0.25, 0.3) is 0 Å². The van der Waals surface area contributed by atoms with Crippen LogP contribution >= 0.6 is 0 Å². The van der Waals surface area contributed by atoms with Crippen LogP contribution in [0.2, 0.25) is 0 Å². The summed E-state index contributed by atoms with van der Waals surface area (Å²) in [6, 6.07) is 2.90. The van der Waals surface area contributed by atoms with E-state index in [9.17, 15) is 0 Å². The van der Waals surface area contributed by atoms with Crippen LogP contribution in [0, 0.1) is 5.92 Å². The quantitative estimate of drug-likeness (QED) is 0.845. The second-order valence-corrected chi connectivity index (χ2v) is 5.10. The Morgan fingerprint density at radius 1 is 1.50 bits per heavy atom. The topological polar surface area (TPSA) is 29.9 Å². The van der Waals surface area contributed by atoms with Crippen LogP contribution in [-0.2, 0) is 19.9 Å². The molecule has 0 aliphatic carbocycles. The molecule has 0 bridgehead atoms. The lowest BCUT2D eigenvalue weighted by Gasteiger charge is -2.27. The first-order valence-electron chi connectivity index (χ1n) is 6.44. The maximum Gasteiger partial charge on any atom is 0.0624 e. The van der Waals surface area contributed by atoms with Gasteiger partial charge in [0.15, 0.2) is 0 Å². The van der Waals surface area contributed by atoms with Crippen molar-refractivity contribution in [2.45, 2.75) is 45.6 Å². The lowest BCUT2D eigenvalue weighted by molar-refractivity contribution is 0.323. The van der Waals surface area contributed by atoms with Gasteiger partial charge in [0.2, 0.25) is 0 Å². The molecule has 0 spiro atoms. The number of nitrogens with one attached hydrogen (secondary N) is 1. The minimum atomic E-state index is 0.649. The van der Waals surface area contributed by atoms with E-state index < -0.39 is 0 Å². The summed E-state index contributed by atoms with van der Waals surface area (Å²) >= 11 is 0. The smallest absolute Gasteiger partial charge is 0.0624 e. The molecule has 1 aliphatic heterocycles. The van der Waals surface area contributed by atoms with Gasteiger partial charge >= 0.3 is 0 Å². The first-order chi connectivity index (χ1) is 7.69. The van der Waals surface area contributed by atoms with Crippen molar-refractivity contribution >= 4 is 0 Å². The summed E-state index contributed by atoms with van der Waals surface area (Å²) in [5.74, 6) is 0.842. The maximum atomic E-state index is 4.50. The molecular formula is C13H23N3.